The summed E-state index contributed by atoms with van der Waals surface area (Å²) in [6.45, 7) is 3.78. The molecule has 0 spiro atoms. The molecule has 1 heterocycles. The molecule has 1 aromatic heterocycles. The summed E-state index contributed by atoms with van der Waals surface area (Å²) in [5.74, 6) is -4.62. The number of aromatic hydroxyl groups is 5. The largest absolute Gasteiger partial charge is 0.507 e. The summed E-state index contributed by atoms with van der Waals surface area (Å²) in [5.41, 5.74) is -1.28. The van der Waals surface area contributed by atoms with E-state index < -0.39 is 52.0 Å². The average molecular weight is 460 g/mol. The first-order chi connectivity index (χ1) is 15.7. The number of carbonyl (C=O) groups is 1. The molecule has 0 saturated carbocycles. The highest BCUT2D eigenvalue weighted by molar-refractivity contribution is 5.88. The lowest BCUT2D eigenvalue weighted by atomic mass is 10.1. The zero-order chi connectivity index (χ0) is 24.3. The van der Waals surface area contributed by atoms with Gasteiger partial charge in [-0.2, -0.15) is 0 Å². The van der Waals surface area contributed by atoms with Crippen LogP contribution >= 0.6 is 0 Å². The third-order valence-corrected chi connectivity index (χ3v) is 4.90. The van der Waals surface area contributed by atoms with E-state index in [0.717, 1.165) is 24.6 Å². The van der Waals surface area contributed by atoms with Gasteiger partial charge in [-0.25, -0.2) is 4.79 Å². The summed E-state index contributed by atoms with van der Waals surface area (Å²) in [5, 5.41) is 49.4. The Bertz CT molecular complexity index is 1220. The number of carbonyl (C=O) groups excluding carboxylic acids is 1. The monoisotopic (exact) mass is 460 g/mol. The Labute approximate surface area is 187 Å². The number of phenols is 4. The predicted octanol–water partition coefficient (Wildman–Crippen LogP) is 3.49. The molecule has 0 radical (unpaired) electrons. The molecule has 2 aromatic carbocycles. The smallest absolute Gasteiger partial charge is 0.347 e. The number of hydrogen-bond donors (Lipinski definition) is 5. The topological polar surface area (TPSA) is 167 Å². The molecule has 0 aliphatic heterocycles. The van der Waals surface area contributed by atoms with Gasteiger partial charge in [0.05, 0.1) is 6.61 Å². The molecule has 0 aliphatic rings. The molecule has 3 rings (SSSR count). The fourth-order valence-corrected chi connectivity index (χ4v) is 3.28. The molecule has 10 nitrogen and oxygen atoms in total. The molecule has 0 fully saturated rings. The van der Waals surface area contributed by atoms with Crippen LogP contribution in [0.5, 0.6) is 34.5 Å². The van der Waals surface area contributed by atoms with Crippen molar-refractivity contribution in [2.75, 3.05) is 6.61 Å². The maximum absolute atomic E-state index is 12.7. The van der Waals surface area contributed by atoms with E-state index >= 15 is 0 Å². The highest BCUT2D eigenvalue weighted by Crippen LogP contribution is 2.42. The molecule has 0 aliphatic carbocycles. The molecule has 33 heavy (non-hydrogen) atoms. The first-order valence-corrected chi connectivity index (χ1v) is 10.3. The Morgan fingerprint density at radius 1 is 0.970 bits per heavy atom. The van der Waals surface area contributed by atoms with Crippen molar-refractivity contribution in [3.8, 4) is 45.8 Å². The second-order valence-corrected chi connectivity index (χ2v) is 7.29. The van der Waals surface area contributed by atoms with Crippen LogP contribution in [0.3, 0.4) is 0 Å². The number of fused-ring (bicyclic) bond motifs is 1. The molecule has 5 N–H and O–H groups in total. The molecule has 3 aromatic rings. The number of ether oxygens (including phenoxy) is 2. The van der Waals surface area contributed by atoms with Gasteiger partial charge in [0.2, 0.25) is 11.2 Å². The lowest BCUT2D eigenvalue weighted by Gasteiger charge is -2.18. The first-order valence-electron chi connectivity index (χ1n) is 10.3. The summed E-state index contributed by atoms with van der Waals surface area (Å²) in [7, 11) is 0. The summed E-state index contributed by atoms with van der Waals surface area (Å²) < 4.78 is 16.3. The number of phenolic OH excluding ortho intramolecular Hbond substituents is 4. The van der Waals surface area contributed by atoms with Crippen molar-refractivity contribution in [3.05, 3.63) is 34.5 Å². The van der Waals surface area contributed by atoms with Crippen LogP contribution in [0.25, 0.3) is 22.3 Å². The highest BCUT2D eigenvalue weighted by atomic mass is 16.6. The van der Waals surface area contributed by atoms with E-state index in [1.54, 1.807) is 6.92 Å². The summed E-state index contributed by atoms with van der Waals surface area (Å²) >= 11 is 0. The highest BCUT2D eigenvalue weighted by Gasteiger charge is 2.24. The van der Waals surface area contributed by atoms with Crippen LogP contribution in [0, 0.1) is 0 Å². The molecule has 0 saturated heterocycles. The van der Waals surface area contributed by atoms with Gasteiger partial charge >= 0.3 is 5.97 Å². The van der Waals surface area contributed by atoms with Gasteiger partial charge in [-0.3, -0.25) is 4.79 Å². The maximum atomic E-state index is 12.7. The minimum absolute atomic E-state index is 0.0188. The van der Waals surface area contributed by atoms with E-state index in [-0.39, 0.29) is 28.9 Å². The van der Waals surface area contributed by atoms with E-state index in [2.05, 4.69) is 0 Å². The number of hydrogen-bond acceptors (Lipinski definition) is 10. The van der Waals surface area contributed by atoms with Crippen molar-refractivity contribution in [2.24, 2.45) is 0 Å². The van der Waals surface area contributed by atoms with Crippen molar-refractivity contribution in [3.63, 3.8) is 0 Å². The second-order valence-electron chi connectivity index (χ2n) is 7.29. The average Bonchev–Trinajstić information content (AvgIpc) is 2.76. The third kappa shape index (κ3) is 4.74. The van der Waals surface area contributed by atoms with E-state index in [9.17, 15) is 35.1 Å². The van der Waals surface area contributed by atoms with E-state index in [0.29, 0.717) is 12.8 Å². The number of esters is 1. The Balaban J connectivity index is 2.11. The van der Waals surface area contributed by atoms with Gasteiger partial charge in [-0.15, -0.1) is 0 Å². The van der Waals surface area contributed by atoms with Crippen molar-refractivity contribution in [1.82, 2.24) is 0 Å². The van der Waals surface area contributed by atoms with Gasteiger partial charge in [0.15, 0.2) is 29.1 Å². The summed E-state index contributed by atoms with van der Waals surface area (Å²) in [6, 6.07) is 4.33. The zero-order valence-corrected chi connectivity index (χ0v) is 18.0. The first kappa shape index (κ1) is 23.6. The number of unbranched alkanes of at least 4 members (excludes halogenated alkanes) is 1. The van der Waals surface area contributed by atoms with Crippen LogP contribution in [0.1, 0.15) is 33.1 Å². The maximum Gasteiger partial charge on any atom is 0.347 e. The van der Waals surface area contributed by atoms with Crippen LogP contribution in [0.4, 0.5) is 0 Å². The number of rotatable bonds is 8. The van der Waals surface area contributed by atoms with Gasteiger partial charge in [0.1, 0.15) is 22.5 Å². The van der Waals surface area contributed by atoms with E-state index in [4.69, 9.17) is 13.9 Å². The van der Waals surface area contributed by atoms with Crippen molar-refractivity contribution in [2.45, 2.75) is 39.2 Å². The quantitative estimate of drug-likeness (QED) is 0.248. The predicted molar refractivity (Wildman–Crippen MR) is 117 cm³/mol. The summed E-state index contributed by atoms with van der Waals surface area (Å²) in [4.78, 5) is 24.9. The van der Waals surface area contributed by atoms with Crippen LogP contribution in [-0.4, -0.2) is 44.2 Å². The second kappa shape index (κ2) is 9.60. The molecular weight excluding hydrogens is 436 g/mol. The van der Waals surface area contributed by atoms with Crippen molar-refractivity contribution in [1.29, 1.82) is 0 Å². The van der Waals surface area contributed by atoms with Gasteiger partial charge in [0.25, 0.3) is 0 Å². The molecule has 0 amide bonds. The van der Waals surface area contributed by atoms with Gasteiger partial charge in [-0.05, 0) is 31.9 Å². The minimum Gasteiger partial charge on any atom is -0.507 e. The molecule has 0 bridgehead atoms. The fraction of sp³-hybridized carbons (Fsp3) is 0.304. The Morgan fingerprint density at radius 3 is 2.24 bits per heavy atom. The molecule has 176 valence electrons. The zero-order valence-electron chi connectivity index (χ0n) is 18.0. The van der Waals surface area contributed by atoms with E-state index in [1.165, 1.54) is 6.07 Å². The molecular formula is C23H24O10. The van der Waals surface area contributed by atoms with Crippen LogP contribution in [0.2, 0.25) is 0 Å². The van der Waals surface area contributed by atoms with Crippen LogP contribution in [-0.2, 0) is 9.53 Å². The minimum atomic E-state index is -0.977. The van der Waals surface area contributed by atoms with E-state index in [1.807, 2.05) is 6.92 Å². The Hall–Kier alpha value is -4.08. The van der Waals surface area contributed by atoms with Crippen molar-refractivity contribution >= 4 is 16.9 Å². The molecule has 1 atom stereocenters. The fourth-order valence-electron chi connectivity index (χ4n) is 3.28. The third-order valence-electron chi connectivity index (χ3n) is 4.90. The molecule has 10 heteroatoms. The standard InChI is InChI=1S/C23H24O10/c1-3-5-6-16(23(30)31-4-2)32-12-9-13(24)18-17(10-12)33-22(21(29)20(18)28)11-7-14(25)19(27)15(26)8-11/h7-10,16,24-27,29H,3-6H2,1-2H3. The van der Waals surface area contributed by atoms with Gasteiger partial charge in [0, 0.05) is 17.7 Å². The van der Waals surface area contributed by atoms with Crippen LogP contribution < -0.4 is 10.2 Å². The lowest BCUT2D eigenvalue weighted by Crippen LogP contribution is -2.29. The summed E-state index contributed by atoms with van der Waals surface area (Å²) in [6.07, 6.45) is 0.914. The van der Waals surface area contributed by atoms with Crippen molar-refractivity contribution < 1.29 is 44.2 Å². The SMILES string of the molecule is CCCCC(Oc1cc(O)c2c(=O)c(O)c(-c3cc(O)c(O)c(O)c3)oc2c1)C(=O)OCC. The van der Waals surface area contributed by atoms with Gasteiger partial charge in [-0.1, -0.05) is 13.3 Å². The Kier molecular flexibility index (Phi) is 6.86. The normalized spacial score (nSPS) is 11.9. The van der Waals surface area contributed by atoms with Gasteiger partial charge < -0.3 is 39.4 Å². The van der Waals surface area contributed by atoms with Crippen LogP contribution in [0.15, 0.2) is 33.5 Å². The Morgan fingerprint density at radius 2 is 1.64 bits per heavy atom. The lowest BCUT2D eigenvalue weighted by molar-refractivity contribution is -0.151. The number of benzene rings is 2. The molecule has 1 unspecified atom stereocenters.